The first-order chi connectivity index (χ1) is 15.5. The number of hydrogen-bond acceptors (Lipinski definition) is 7. The molecule has 0 aromatic rings. The van der Waals surface area contributed by atoms with Crippen LogP contribution >= 0.6 is 0 Å². The monoisotopic (exact) mass is 460 g/mol. The van der Waals surface area contributed by atoms with Gasteiger partial charge in [-0.05, 0) is 69.6 Å². The van der Waals surface area contributed by atoms with Crippen molar-refractivity contribution in [2.24, 2.45) is 23.7 Å². The highest BCUT2D eigenvalue weighted by Gasteiger charge is 2.63. The Morgan fingerprint density at radius 3 is 2.45 bits per heavy atom. The van der Waals surface area contributed by atoms with Crippen molar-refractivity contribution in [2.45, 2.75) is 78.3 Å². The maximum atomic E-state index is 12.9. The van der Waals surface area contributed by atoms with Gasteiger partial charge in [0.05, 0.1) is 19.1 Å². The molecule has 0 unspecified atom stereocenters. The van der Waals surface area contributed by atoms with Crippen molar-refractivity contribution >= 4 is 11.9 Å². The van der Waals surface area contributed by atoms with Gasteiger partial charge in [0.25, 0.3) is 0 Å². The molecule has 3 aliphatic heterocycles. The standard InChI is InChI=1S/C26H36O7/c1-13(2)17-16-10-9-14(3)21-18-19(26(6,30-8)32-21)23(27)31-20(18)15(4)11-12-25(16,5)33-24(28)22(17)29-7/h9,13,16,18-19,21H,10-12H2,1-8H3/b14-9-,20-15+/t16-,18+,19-,21+,25+,26-/m0/s1. The summed E-state index contributed by atoms with van der Waals surface area (Å²) in [5.74, 6) is -1.45. The third kappa shape index (κ3) is 3.64. The third-order valence-electron chi connectivity index (χ3n) is 8.04. The number of carbonyl (C=O) groups excluding carboxylic acids is 2. The Hall–Kier alpha value is -2.12. The number of esters is 2. The fourth-order valence-corrected chi connectivity index (χ4v) is 6.09. The van der Waals surface area contributed by atoms with Gasteiger partial charge in [-0.1, -0.05) is 19.9 Å². The van der Waals surface area contributed by atoms with Crippen LogP contribution in [0.25, 0.3) is 0 Å². The topological polar surface area (TPSA) is 80.3 Å². The zero-order chi connectivity index (χ0) is 24.3. The molecule has 3 heterocycles. The molecule has 33 heavy (non-hydrogen) atoms. The lowest BCUT2D eigenvalue weighted by molar-refractivity contribution is -0.217. The molecule has 0 aromatic heterocycles. The van der Waals surface area contributed by atoms with E-state index in [2.05, 4.69) is 19.9 Å². The van der Waals surface area contributed by atoms with Crippen LogP contribution < -0.4 is 0 Å². The Balaban J connectivity index is 1.84. The molecule has 0 N–H and O–H groups in total. The van der Waals surface area contributed by atoms with Crippen LogP contribution in [0.1, 0.15) is 60.8 Å². The molecule has 0 aromatic carbocycles. The van der Waals surface area contributed by atoms with Gasteiger partial charge < -0.3 is 23.7 Å². The van der Waals surface area contributed by atoms with E-state index in [0.29, 0.717) is 30.8 Å². The van der Waals surface area contributed by atoms with Gasteiger partial charge in [-0.3, -0.25) is 4.79 Å². The summed E-state index contributed by atoms with van der Waals surface area (Å²) in [6, 6.07) is 0. The molecule has 7 nitrogen and oxygen atoms in total. The highest BCUT2D eigenvalue weighted by atomic mass is 16.7. The van der Waals surface area contributed by atoms with E-state index < -0.39 is 23.3 Å². The van der Waals surface area contributed by atoms with E-state index in [1.54, 1.807) is 7.11 Å². The van der Waals surface area contributed by atoms with Gasteiger partial charge in [0.15, 0.2) is 5.79 Å². The van der Waals surface area contributed by atoms with Crippen LogP contribution in [0.3, 0.4) is 0 Å². The molecule has 2 fully saturated rings. The molecule has 2 saturated heterocycles. The van der Waals surface area contributed by atoms with Crippen molar-refractivity contribution in [3.05, 3.63) is 34.3 Å². The normalized spacial score (nSPS) is 42.8. The van der Waals surface area contributed by atoms with Crippen LogP contribution in [-0.2, 0) is 33.3 Å². The molecule has 0 amide bonds. The summed E-state index contributed by atoms with van der Waals surface area (Å²) in [5, 5.41) is 0. The van der Waals surface area contributed by atoms with Crippen LogP contribution in [0.4, 0.5) is 0 Å². The zero-order valence-electron chi connectivity index (χ0n) is 20.9. The Morgan fingerprint density at radius 1 is 1.15 bits per heavy atom. The lowest BCUT2D eigenvalue weighted by atomic mass is 9.72. The minimum absolute atomic E-state index is 0.0376. The van der Waals surface area contributed by atoms with Gasteiger partial charge in [0.1, 0.15) is 17.3 Å². The Labute approximate surface area is 196 Å². The zero-order valence-corrected chi connectivity index (χ0v) is 20.9. The molecule has 0 saturated carbocycles. The van der Waals surface area contributed by atoms with Crippen LogP contribution in [0.5, 0.6) is 0 Å². The predicted octanol–water partition coefficient (Wildman–Crippen LogP) is 4.43. The summed E-state index contributed by atoms with van der Waals surface area (Å²) in [4.78, 5) is 25.7. The lowest BCUT2D eigenvalue weighted by Gasteiger charge is -2.43. The van der Waals surface area contributed by atoms with Gasteiger partial charge in [-0.25, -0.2) is 4.79 Å². The molecular formula is C26H36O7. The summed E-state index contributed by atoms with van der Waals surface area (Å²) >= 11 is 0. The second kappa shape index (κ2) is 8.27. The summed E-state index contributed by atoms with van der Waals surface area (Å²) < 4.78 is 29.4. The second-order valence-corrected chi connectivity index (χ2v) is 10.4. The Morgan fingerprint density at radius 2 is 1.85 bits per heavy atom. The molecule has 0 radical (unpaired) electrons. The Bertz CT molecular complexity index is 958. The minimum Gasteiger partial charge on any atom is -0.490 e. The van der Waals surface area contributed by atoms with Crippen molar-refractivity contribution in [1.29, 1.82) is 0 Å². The van der Waals surface area contributed by atoms with Crippen molar-refractivity contribution < 1.29 is 33.3 Å². The van der Waals surface area contributed by atoms with E-state index >= 15 is 0 Å². The Kier molecular flexibility index (Phi) is 6.02. The summed E-state index contributed by atoms with van der Waals surface area (Å²) in [6.07, 6.45) is 3.73. The van der Waals surface area contributed by atoms with Crippen LogP contribution in [0, 0.1) is 23.7 Å². The number of ether oxygens (including phenoxy) is 5. The van der Waals surface area contributed by atoms with Gasteiger partial charge in [-0.15, -0.1) is 0 Å². The molecule has 7 heteroatoms. The second-order valence-electron chi connectivity index (χ2n) is 10.4. The lowest BCUT2D eigenvalue weighted by Crippen LogP contribution is -2.46. The van der Waals surface area contributed by atoms with E-state index in [0.717, 1.165) is 16.7 Å². The summed E-state index contributed by atoms with van der Waals surface area (Å²) in [5.41, 5.74) is 2.27. The number of carbonyl (C=O) groups is 2. The fraction of sp³-hybridized carbons (Fsp3) is 0.692. The van der Waals surface area contributed by atoms with E-state index in [4.69, 9.17) is 23.7 Å². The minimum atomic E-state index is -1.05. The van der Waals surface area contributed by atoms with Crippen molar-refractivity contribution in [3.8, 4) is 0 Å². The average Bonchev–Trinajstić information content (AvgIpc) is 3.26. The number of methoxy groups -OCH3 is 2. The maximum Gasteiger partial charge on any atom is 0.374 e. The van der Waals surface area contributed by atoms with E-state index in [1.807, 2.05) is 27.7 Å². The van der Waals surface area contributed by atoms with Gasteiger partial charge >= 0.3 is 11.9 Å². The molecule has 182 valence electrons. The summed E-state index contributed by atoms with van der Waals surface area (Å²) in [7, 11) is 3.09. The first-order valence-electron chi connectivity index (χ1n) is 11.8. The number of allylic oxidation sites excluding steroid dienone is 2. The average molecular weight is 461 g/mol. The van der Waals surface area contributed by atoms with Crippen LogP contribution in [0.15, 0.2) is 34.3 Å². The fourth-order valence-electron chi connectivity index (χ4n) is 6.09. The molecule has 6 atom stereocenters. The maximum absolute atomic E-state index is 12.9. The SMILES string of the molecule is COC1=C(C(C)C)[C@@H]2C/C=C(/C)[C@H]3O[C@](C)(OC)[C@@H]4C(=O)O/C(=C(\C)CC[C@@]2(C)OC1=O)[C@H]34. The molecule has 0 spiro atoms. The molecule has 4 rings (SSSR count). The first kappa shape index (κ1) is 24.0. The first-order valence-corrected chi connectivity index (χ1v) is 11.8. The predicted molar refractivity (Wildman–Crippen MR) is 121 cm³/mol. The smallest absolute Gasteiger partial charge is 0.374 e. The summed E-state index contributed by atoms with van der Waals surface area (Å²) in [6.45, 7) is 12.0. The van der Waals surface area contributed by atoms with Crippen molar-refractivity contribution in [2.75, 3.05) is 14.2 Å². The van der Waals surface area contributed by atoms with E-state index in [9.17, 15) is 9.59 Å². The van der Waals surface area contributed by atoms with Crippen LogP contribution in [-0.4, -0.2) is 43.7 Å². The molecular weight excluding hydrogens is 424 g/mol. The highest BCUT2D eigenvalue weighted by molar-refractivity contribution is 5.89. The largest absolute Gasteiger partial charge is 0.490 e. The number of hydrogen-bond donors (Lipinski definition) is 0. The van der Waals surface area contributed by atoms with Gasteiger partial charge in [-0.2, -0.15) is 0 Å². The molecule has 0 bridgehead atoms. The van der Waals surface area contributed by atoms with E-state index in [1.165, 1.54) is 7.11 Å². The number of fused-ring (bicyclic) bond motifs is 1. The van der Waals surface area contributed by atoms with Crippen molar-refractivity contribution in [3.63, 3.8) is 0 Å². The third-order valence-corrected chi connectivity index (χ3v) is 8.04. The molecule has 4 aliphatic rings. The van der Waals surface area contributed by atoms with E-state index in [-0.39, 0.29) is 29.8 Å². The van der Waals surface area contributed by atoms with Gasteiger partial charge in [0.2, 0.25) is 5.76 Å². The number of rotatable bonds is 3. The van der Waals surface area contributed by atoms with Crippen molar-refractivity contribution in [1.82, 2.24) is 0 Å². The quantitative estimate of drug-likeness (QED) is 0.455. The van der Waals surface area contributed by atoms with Gasteiger partial charge in [0, 0.05) is 13.0 Å². The van der Waals surface area contributed by atoms with Crippen LogP contribution in [0.2, 0.25) is 0 Å². The highest BCUT2D eigenvalue weighted by Crippen LogP contribution is 2.54. The molecule has 1 aliphatic carbocycles.